The van der Waals surface area contributed by atoms with Gasteiger partial charge in [0.05, 0.1) is 10.9 Å². The highest BCUT2D eigenvalue weighted by molar-refractivity contribution is 7.71. The van der Waals surface area contributed by atoms with Gasteiger partial charge < -0.3 is 0 Å². The predicted molar refractivity (Wildman–Crippen MR) is 81.3 cm³/mol. The van der Waals surface area contributed by atoms with Gasteiger partial charge in [-0.1, -0.05) is 41.9 Å². The third-order valence-electron chi connectivity index (χ3n) is 2.73. The molecule has 0 aliphatic carbocycles. The summed E-state index contributed by atoms with van der Waals surface area (Å²) in [6.07, 6.45) is 0. The number of rotatable bonds is 3. The number of thiophene rings is 1. The maximum atomic E-state index is 5.96. The molecule has 1 N–H and O–H groups in total. The first kappa shape index (κ1) is 12.6. The fourth-order valence-corrected chi connectivity index (χ4v) is 3.14. The molecule has 1 aromatic carbocycles. The van der Waals surface area contributed by atoms with Crippen LogP contribution in [0.3, 0.4) is 0 Å². The van der Waals surface area contributed by atoms with Crippen LogP contribution in [0.4, 0.5) is 0 Å². The molecule has 0 bridgehead atoms. The summed E-state index contributed by atoms with van der Waals surface area (Å²) in [6, 6.07) is 13.9. The van der Waals surface area contributed by atoms with E-state index < -0.39 is 0 Å². The molecule has 0 amide bonds. The zero-order chi connectivity index (χ0) is 13.2. The van der Waals surface area contributed by atoms with Crippen molar-refractivity contribution in [1.29, 1.82) is 0 Å². The summed E-state index contributed by atoms with van der Waals surface area (Å²) < 4.78 is 3.38. The van der Waals surface area contributed by atoms with Gasteiger partial charge in [0.2, 0.25) is 0 Å². The lowest BCUT2D eigenvalue weighted by atomic mass is 10.2. The molecule has 2 heterocycles. The van der Waals surface area contributed by atoms with Gasteiger partial charge in [0, 0.05) is 10.4 Å². The standard InChI is InChI=1S/C13H10ClN3S2/c14-11-7-6-10(19-11)8-17-12(15-16-13(17)18)9-4-2-1-3-5-9/h1-7H,8H2,(H,16,18). The van der Waals surface area contributed by atoms with Crippen LogP contribution in [0.5, 0.6) is 0 Å². The fourth-order valence-electron chi connectivity index (χ4n) is 1.86. The zero-order valence-corrected chi connectivity index (χ0v) is 12.2. The lowest BCUT2D eigenvalue weighted by Crippen LogP contribution is -2.00. The molecule has 0 radical (unpaired) electrons. The van der Waals surface area contributed by atoms with Crippen molar-refractivity contribution in [2.75, 3.05) is 0 Å². The van der Waals surface area contributed by atoms with Crippen LogP contribution in [-0.4, -0.2) is 14.8 Å². The van der Waals surface area contributed by atoms with Crippen molar-refractivity contribution in [1.82, 2.24) is 14.8 Å². The summed E-state index contributed by atoms with van der Waals surface area (Å²) in [5.74, 6) is 0.843. The normalized spacial score (nSPS) is 10.8. The summed E-state index contributed by atoms with van der Waals surface area (Å²) in [5.41, 5.74) is 1.04. The predicted octanol–water partition coefficient (Wildman–Crippen LogP) is 4.37. The van der Waals surface area contributed by atoms with E-state index in [0.717, 1.165) is 20.6 Å². The van der Waals surface area contributed by atoms with Gasteiger partial charge in [0.25, 0.3) is 0 Å². The highest BCUT2D eigenvalue weighted by atomic mass is 35.5. The number of hydrogen-bond acceptors (Lipinski definition) is 3. The smallest absolute Gasteiger partial charge is 0.195 e. The molecule has 19 heavy (non-hydrogen) atoms. The second-order valence-corrected chi connectivity index (χ2v) is 6.20. The van der Waals surface area contributed by atoms with Gasteiger partial charge in [0.1, 0.15) is 0 Å². The molecule has 0 unspecified atom stereocenters. The van der Waals surface area contributed by atoms with E-state index >= 15 is 0 Å². The number of hydrogen-bond donors (Lipinski definition) is 1. The molecule has 6 heteroatoms. The van der Waals surface area contributed by atoms with Crippen molar-refractivity contribution in [2.45, 2.75) is 6.54 Å². The molecule has 0 saturated heterocycles. The first-order valence-electron chi connectivity index (χ1n) is 5.69. The van der Waals surface area contributed by atoms with Crippen LogP contribution in [0, 0.1) is 4.77 Å². The fraction of sp³-hybridized carbons (Fsp3) is 0.0769. The van der Waals surface area contributed by atoms with E-state index in [1.54, 1.807) is 11.3 Å². The van der Waals surface area contributed by atoms with Gasteiger partial charge in [-0.05, 0) is 24.4 Å². The second kappa shape index (κ2) is 5.28. The summed E-state index contributed by atoms with van der Waals surface area (Å²) in [6.45, 7) is 0.678. The Bertz CT molecular complexity index is 743. The number of H-pyrrole nitrogens is 1. The molecule has 96 valence electrons. The third kappa shape index (κ3) is 2.63. The van der Waals surface area contributed by atoms with E-state index in [1.165, 1.54) is 0 Å². The van der Waals surface area contributed by atoms with Crippen molar-refractivity contribution >= 4 is 35.2 Å². The van der Waals surface area contributed by atoms with E-state index in [2.05, 4.69) is 10.2 Å². The Labute approximate surface area is 124 Å². The van der Waals surface area contributed by atoms with Crippen molar-refractivity contribution in [3.63, 3.8) is 0 Å². The van der Waals surface area contributed by atoms with E-state index in [9.17, 15) is 0 Å². The van der Waals surface area contributed by atoms with Crippen molar-refractivity contribution < 1.29 is 0 Å². The van der Waals surface area contributed by atoms with Crippen LogP contribution in [0.15, 0.2) is 42.5 Å². The molecule has 0 saturated carbocycles. The molecule has 3 nitrogen and oxygen atoms in total. The van der Waals surface area contributed by atoms with Crippen LogP contribution in [0.1, 0.15) is 4.88 Å². The molecule has 0 aliphatic rings. The van der Waals surface area contributed by atoms with Crippen LogP contribution >= 0.6 is 35.2 Å². The summed E-state index contributed by atoms with van der Waals surface area (Å²) >= 11 is 12.8. The van der Waals surface area contributed by atoms with Crippen LogP contribution in [-0.2, 0) is 6.54 Å². The Balaban J connectivity index is 2.02. The summed E-state index contributed by atoms with van der Waals surface area (Å²) in [5, 5.41) is 7.16. The number of benzene rings is 1. The summed E-state index contributed by atoms with van der Waals surface area (Å²) in [7, 11) is 0. The lowest BCUT2D eigenvalue weighted by molar-refractivity contribution is 0.802. The Kier molecular flexibility index (Phi) is 3.50. The number of aromatic amines is 1. The first-order valence-corrected chi connectivity index (χ1v) is 7.29. The molecule has 2 aromatic heterocycles. The monoisotopic (exact) mass is 307 g/mol. The topological polar surface area (TPSA) is 33.6 Å². The Morgan fingerprint density at radius 3 is 2.68 bits per heavy atom. The number of aromatic nitrogens is 3. The largest absolute Gasteiger partial charge is 0.295 e. The molecular formula is C13H10ClN3S2. The number of nitrogens with one attached hydrogen (secondary N) is 1. The average molecular weight is 308 g/mol. The van der Waals surface area contributed by atoms with E-state index in [1.807, 2.05) is 47.0 Å². The Morgan fingerprint density at radius 1 is 1.21 bits per heavy atom. The molecular weight excluding hydrogens is 298 g/mol. The molecule has 0 atom stereocenters. The highest BCUT2D eigenvalue weighted by Gasteiger charge is 2.09. The van der Waals surface area contributed by atoms with Gasteiger partial charge in [-0.3, -0.25) is 9.67 Å². The molecule has 3 aromatic rings. The van der Waals surface area contributed by atoms with E-state index in [4.69, 9.17) is 23.8 Å². The maximum Gasteiger partial charge on any atom is 0.195 e. The number of halogens is 1. The van der Waals surface area contributed by atoms with Crippen molar-refractivity contribution in [2.24, 2.45) is 0 Å². The quantitative estimate of drug-likeness (QED) is 0.729. The maximum absolute atomic E-state index is 5.96. The Hall–Kier alpha value is -1.43. The van der Waals surface area contributed by atoms with Gasteiger partial charge >= 0.3 is 0 Å². The minimum atomic E-state index is 0.614. The highest BCUT2D eigenvalue weighted by Crippen LogP contribution is 2.24. The lowest BCUT2D eigenvalue weighted by Gasteiger charge is -2.05. The van der Waals surface area contributed by atoms with Crippen LogP contribution < -0.4 is 0 Å². The van der Waals surface area contributed by atoms with Gasteiger partial charge in [-0.25, -0.2) is 0 Å². The van der Waals surface area contributed by atoms with Crippen molar-refractivity contribution in [3.05, 3.63) is 56.4 Å². The second-order valence-electron chi connectivity index (χ2n) is 4.01. The van der Waals surface area contributed by atoms with E-state index in [0.29, 0.717) is 11.3 Å². The third-order valence-corrected chi connectivity index (χ3v) is 4.26. The molecule has 0 fully saturated rings. The average Bonchev–Trinajstić information content (AvgIpc) is 2.99. The van der Waals surface area contributed by atoms with E-state index in [-0.39, 0.29) is 0 Å². The van der Waals surface area contributed by atoms with Gasteiger partial charge in [-0.15, -0.1) is 11.3 Å². The van der Waals surface area contributed by atoms with Crippen LogP contribution in [0.2, 0.25) is 4.34 Å². The Morgan fingerprint density at radius 2 is 2.00 bits per heavy atom. The molecule has 3 rings (SSSR count). The van der Waals surface area contributed by atoms with Gasteiger partial charge in [-0.2, -0.15) is 5.10 Å². The van der Waals surface area contributed by atoms with Gasteiger partial charge in [0.15, 0.2) is 10.6 Å². The minimum absolute atomic E-state index is 0.614. The van der Waals surface area contributed by atoms with Crippen LogP contribution in [0.25, 0.3) is 11.4 Å². The van der Waals surface area contributed by atoms with Crippen molar-refractivity contribution in [3.8, 4) is 11.4 Å². The number of nitrogens with zero attached hydrogens (tertiary/aromatic N) is 2. The first-order chi connectivity index (χ1) is 9.24. The molecule has 0 spiro atoms. The summed E-state index contributed by atoms with van der Waals surface area (Å²) in [4.78, 5) is 1.15. The minimum Gasteiger partial charge on any atom is -0.295 e. The zero-order valence-electron chi connectivity index (χ0n) is 9.84. The molecule has 0 aliphatic heterocycles. The SMILES string of the molecule is S=c1[nH]nc(-c2ccccc2)n1Cc1ccc(Cl)s1.